The molecule has 0 aromatic rings. The molecule has 1 rings (SSSR count). The molecule has 0 aliphatic heterocycles. The van der Waals surface area contributed by atoms with E-state index < -0.39 is 33.7 Å². The van der Waals surface area contributed by atoms with Crippen LogP contribution in [0, 0.1) is 11.8 Å². The lowest BCUT2D eigenvalue weighted by atomic mass is 10.2. The second kappa shape index (κ2) is 5.26. The normalized spacial score (nSPS) is 24.4. The molecule has 3 atom stereocenters. The molecule has 1 N–H and O–H groups in total. The Kier molecular flexibility index (Phi) is 4.37. The molecule has 0 aromatic heterocycles. The fourth-order valence-electron chi connectivity index (χ4n) is 1.82. The third-order valence-corrected chi connectivity index (χ3v) is 5.24. The van der Waals surface area contributed by atoms with E-state index in [2.05, 4.69) is 0 Å². The number of hydrogen-bond acceptors (Lipinski definition) is 4. The maximum Gasteiger partial charge on any atom is 0.307 e. The van der Waals surface area contributed by atoms with Crippen molar-refractivity contribution in [1.82, 2.24) is 4.90 Å². The molecule has 0 unspecified atom stereocenters. The van der Waals surface area contributed by atoms with Crippen molar-refractivity contribution in [2.75, 3.05) is 18.6 Å². The summed E-state index contributed by atoms with van der Waals surface area (Å²) in [6.45, 7) is 3.22. The van der Waals surface area contributed by atoms with Gasteiger partial charge < -0.3 is 10.0 Å². The maximum absolute atomic E-state index is 11.9. The van der Waals surface area contributed by atoms with Crippen LogP contribution in [0.25, 0.3) is 0 Å². The van der Waals surface area contributed by atoms with Crippen molar-refractivity contribution in [3.63, 3.8) is 0 Å². The molecule has 0 aromatic carbocycles. The van der Waals surface area contributed by atoms with Crippen LogP contribution in [0.2, 0.25) is 0 Å². The highest BCUT2D eigenvalue weighted by molar-refractivity contribution is 7.91. The van der Waals surface area contributed by atoms with Crippen LogP contribution in [-0.4, -0.2) is 54.9 Å². The second-order valence-corrected chi connectivity index (χ2v) is 7.18. The average Bonchev–Trinajstić information content (AvgIpc) is 3.06. The number of hydrogen-bond donors (Lipinski definition) is 1. The molecule has 7 heteroatoms. The summed E-state index contributed by atoms with van der Waals surface area (Å²) in [6, 6.07) is -0.433. The van der Waals surface area contributed by atoms with E-state index in [0.29, 0.717) is 6.42 Å². The van der Waals surface area contributed by atoms with Gasteiger partial charge in [0.15, 0.2) is 9.84 Å². The minimum Gasteiger partial charge on any atom is -0.481 e. The number of carboxylic acid groups (broad SMARTS) is 1. The number of amides is 1. The minimum atomic E-state index is -3.14. The molecule has 1 aliphatic carbocycles. The predicted molar refractivity (Wildman–Crippen MR) is 65.8 cm³/mol. The van der Waals surface area contributed by atoms with Crippen LogP contribution in [0.15, 0.2) is 0 Å². The van der Waals surface area contributed by atoms with Gasteiger partial charge in [0.25, 0.3) is 0 Å². The van der Waals surface area contributed by atoms with Crippen molar-refractivity contribution in [2.45, 2.75) is 26.3 Å². The monoisotopic (exact) mass is 277 g/mol. The molecular formula is C11H19NO5S. The number of rotatable bonds is 6. The zero-order valence-corrected chi connectivity index (χ0v) is 11.6. The van der Waals surface area contributed by atoms with E-state index in [9.17, 15) is 18.0 Å². The van der Waals surface area contributed by atoms with Gasteiger partial charge in [0, 0.05) is 18.8 Å². The van der Waals surface area contributed by atoms with Gasteiger partial charge in [-0.1, -0.05) is 6.92 Å². The van der Waals surface area contributed by atoms with Gasteiger partial charge in [-0.2, -0.15) is 0 Å². The van der Waals surface area contributed by atoms with Gasteiger partial charge in [0.2, 0.25) is 5.91 Å². The van der Waals surface area contributed by atoms with Crippen LogP contribution < -0.4 is 0 Å². The molecule has 104 valence electrons. The number of nitrogens with zero attached hydrogens (tertiary/aromatic N) is 1. The fraction of sp³-hybridized carbons (Fsp3) is 0.818. The largest absolute Gasteiger partial charge is 0.481 e. The van der Waals surface area contributed by atoms with Crippen molar-refractivity contribution in [3.8, 4) is 0 Å². The summed E-state index contributed by atoms with van der Waals surface area (Å²) in [6.07, 6.45) is 0.353. The Labute approximate surface area is 107 Å². The van der Waals surface area contributed by atoms with Crippen molar-refractivity contribution >= 4 is 21.7 Å². The van der Waals surface area contributed by atoms with Crippen LogP contribution in [-0.2, 0) is 19.4 Å². The number of carbonyl (C=O) groups excluding carboxylic acids is 1. The smallest absolute Gasteiger partial charge is 0.307 e. The molecule has 0 bridgehead atoms. The lowest BCUT2D eigenvalue weighted by Crippen LogP contribution is -2.41. The van der Waals surface area contributed by atoms with Gasteiger partial charge in [-0.05, 0) is 13.3 Å². The number of aliphatic carboxylic acids is 1. The Bertz CT molecular complexity index is 444. The van der Waals surface area contributed by atoms with Crippen LogP contribution in [0.3, 0.4) is 0 Å². The van der Waals surface area contributed by atoms with Crippen molar-refractivity contribution in [3.05, 3.63) is 0 Å². The summed E-state index contributed by atoms with van der Waals surface area (Å²) in [7, 11) is -1.62. The molecule has 1 saturated carbocycles. The Morgan fingerprint density at radius 3 is 2.33 bits per heavy atom. The van der Waals surface area contributed by atoms with E-state index in [1.54, 1.807) is 13.8 Å². The van der Waals surface area contributed by atoms with Crippen LogP contribution in [0.4, 0.5) is 0 Å². The van der Waals surface area contributed by atoms with E-state index in [1.807, 2.05) is 0 Å². The third-order valence-electron chi connectivity index (χ3n) is 3.37. The first-order valence-electron chi connectivity index (χ1n) is 5.89. The zero-order valence-electron chi connectivity index (χ0n) is 10.8. The first-order chi connectivity index (χ1) is 8.19. The molecule has 1 aliphatic rings. The molecule has 0 saturated heterocycles. The molecule has 0 heterocycles. The highest BCUT2D eigenvalue weighted by atomic mass is 32.2. The van der Waals surface area contributed by atoms with Gasteiger partial charge in [0.05, 0.1) is 17.6 Å². The highest BCUT2D eigenvalue weighted by Gasteiger charge is 2.49. The first-order valence-corrected chi connectivity index (χ1v) is 7.71. The number of sulfone groups is 1. The summed E-state index contributed by atoms with van der Waals surface area (Å²) in [5.74, 6) is -2.37. The predicted octanol–water partition coefficient (Wildman–Crippen LogP) is -0.0113. The molecule has 0 spiro atoms. The lowest BCUT2D eigenvalue weighted by molar-refractivity contribution is -0.142. The standard InChI is InChI=1S/C11H19NO5S/c1-4-18(16,17)6-7(2)12(3)10(13)8-5-9(8)11(14)15/h7-9H,4-6H2,1-3H3,(H,14,15)/t7-,8+,9-/m0/s1. The molecule has 0 radical (unpaired) electrons. The third kappa shape index (κ3) is 3.44. The van der Waals surface area contributed by atoms with E-state index in [-0.39, 0.29) is 17.4 Å². The Morgan fingerprint density at radius 1 is 1.39 bits per heavy atom. The molecule has 6 nitrogen and oxygen atoms in total. The maximum atomic E-state index is 11.9. The first kappa shape index (κ1) is 14.9. The fourth-order valence-corrected chi connectivity index (χ4v) is 3.01. The molecule has 1 amide bonds. The number of carboxylic acids is 1. The van der Waals surface area contributed by atoms with E-state index in [1.165, 1.54) is 11.9 Å². The topological polar surface area (TPSA) is 91.8 Å². The van der Waals surface area contributed by atoms with E-state index in [0.717, 1.165) is 0 Å². The summed E-state index contributed by atoms with van der Waals surface area (Å²) in [5.41, 5.74) is 0. The van der Waals surface area contributed by atoms with Crippen molar-refractivity contribution in [2.24, 2.45) is 11.8 Å². The van der Waals surface area contributed by atoms with Crippen LogP contribution >= 0.6 is 0 Å². The summed E-state index contributed by atoms with van der Waals surface area (Å²) >= 11 is 0. The van der Waals surface area contributed by atoms with Gasteiger partial charge in [0.1, 0.15) is 0 Å². The Balaban J connectivity index is 2.57. The number of carbonyl (C=O) groups is 2. The zero-order chi connectivity index (χ0) is 14.1. The van der Waals surface area contributed by atoms with Crippen molar-refractivity contribution in [1.29, 1.82) is 0 Å². The molecule has 18 heavy (non-hydrogen) atoms. The summed E-state index contributed by atoms with van der Waals surface area (Å²) in [4.78, 5) is 23.9. The van der Waals surface area contributed by atoms with Gasteiger partial charge in [-0.15, -0.1) is 0 Å². The van der Waals surface area contributed by atoms with E-state index >= 15 is 0 Å². The van der Waals surface area contributed by atoms with Gasteiger partial charge in [-0.3, -0.25) is 9.59 Å². The summed E-state index contributed by atoms with van der Waals surface area (Å²) in [5, 5.41) is 8.75. The average molecular weight is 277 g/mol. The molecule has 1 fully saturated rings. The van der Waals surface area contributed by atoms with Crippen LogP contribution in [0.1, 0.15) is 20.3 Å². The Morgan fingerprint density at radius 2 is 1.94 bits per heavy atom. The Hall–Kier alpha value is -1.11. The van der Waals surface area contributed by atoms with E-state index in [4.69, 9.17) is 5.11 Å². The van der Waals surface area contributed by atoms with Gasteiger partial charge >= 0.3 is 5.97 Å². The quantitative estimate of drug-likeness (QED) is 0.737. The van der Waals surface area contributed by atoms with Crippen LogP contribution in [0.5, 0.6) is 0 Å². The summed E-state index contributed by atoms with van der Waals surface area (Å²) < 4.78 is 22.9. The van der Waals surface area contributed by atoms with Crippen molar-refractivity contribution < 1.29 is 23.1 Å². The minimum absolute atomic E-state index is 0.0422. The molecular weight excluding hydrogens is 258 g/mol. The van der Waals surface area contributed by atoms with Gasteiger partial charge in [-0.25, -0.2) is 8.42 Å². The SMILES string of the molecule is CCS(=O)(=O)C[C@H](C)N(C)C(=O)[C@@H]1C[C@@H]1C(=O)O. The lowest BCUT2D eigenvalue weighted by Gasteiger charge is -2.24. The second-order valence-electron chi connectivity index (χ2n) is 4.78. The highest BCUT2D eigenvalue weighted by Crippen LogP contribution is 2.40.